The third-order valence-corrected chi connectivity index (χ3v) is 4.79. The van der Waals surface area contributed by atoms with Gasteiger partial charge in [-0.1, -0.05) is 24.3 Å². The lowest BCUT2D eigenvalue weighted by Crippen LogP contribution is -2.29. The lowest BCUT2D eigenvalue weighted by atomic mass is 10.2. The molecular weight excluding hydrogens is 409 g/mol. The summed E-state index contributed by atoms with van der Waals surface area (Å²) in [7, 11) is 1.56. The molecule has 0 bridgehead atoms. The number of hydrogen-bond acceptors (Lipinski definition) is 6. The Bertz CT molecular complexity index is 1020. The summed E-state index contributed by atoms with van der Waals surface area (Å²) in [6.07, 6.45) is 0.0563. The van der Waals surface area contributed by atoms with E-state index in [2.05, 4.69) is 15.6 Å². The van der Waals surface area contributed by atoms with Gasteiger partial charge < -0.3 is 14.8 Å². The molecule has 0 saturated carbocycles. The second-order valence-corrected chi connectivity index (χ2v) is 6.96. The Morgan fingerprint density at radius 1 is 1.10 bits per heavy atom. The van der Waals surface area contributed by atoms with Crippen molar-refractivity contribution < 1.29 is 23.5 Å². The molecule has 0 radical (unpaired) electrons. The van der Waals surface area contributed by atoms with E-state index in [4.69, 9.17) is 9.47 Å². The van der Waals surface area contributed by atoms with Crippen LogP contribution in [0.5, 0.6) is 11.5 Å². The minimum absolute atomic E-state index is 0.0563. The molecule has 0 spiro atoms. The Labute approximate surface area is 176 Å². The Morgan fingerprint density at radius 2 is 1.83 bits per heavy atom. The Hall–Kier alpha value is -3.46. The molecule has 0 aliphatic heterocycles. The van der Waals surface area contributed by atoms with Crippen LogP contribution in [-0.2, 0) is 11.2 Å². The highest BCUT2D eigenvalue weighted by Gasteiger charge is 2.14. The van der Waals surface area contributed by atoms with E-state index in [9.17, 15) is 14.0 Å². The van der Waals surface area contributed by atoms with Crippen LogP contribution in [0, 0.1) is 5.82 Å². The summed E-state index contributed by atoms with van der Waals surface area (Å²) in [6, 6.07) is 12.9. The molecule has 7 nitrogen and oxygen atoms in total. The summed E-state index contributed by atoms with van der Waals surface area (Å²) >= 11 is 1.17. The molecular formula is C21H20FN3O4S. The van der Waals surface area contributed by atoms with Crippen molar-refractivity contribution in [2.24, 2.45) is 0 Å². The van der Waals surface area contributed by atoms with Crippen LogP contribution in [0.15, 0.2) is 53.9 Å². The van der Waals surface area contributed by atoms with Gasteiger partial charge in [0.25, 0.3) is 5.91 Å². The number of rotatable bonds is 9. The zero-order valence-corrected chi connectivity index (χ0v) is 17.0. The summed E-state index contributed by atoms with van der Waals surface area (Å²) in [5.74, 6) is -0.204. The highest BCUT2D eigenvalue weighted by Crippen LogP contribution is 2.25. The number of para-hydroxylation sites is 2. The summed E-state index contributed by atoms with van der Waals surface area (Å²) < 4.78 is 24.5. The number of hydrogen-bond donors (Lipinski definition) is 2. The molecule has 2 N–H and O–H groups in total. The van der Waals surface area contributed by atoms with Gasteiger partial charge in [-0.15, -0.1) is 11.3 Å². The molecule has 2 amide bonds. The Morgan fingerprint density at radius 3 is 2.60 bits per heavy atom. The van der Waals surface area contributed by atoms with Gasteiger partial charge in [-0.05, 0) is 24.3 Å². The van der Waals surface area contributed by atoms with E-state index in [1.54, 1.807) is 30.7 Å². The van der Waals surface area contributed by atoms with Crippen LogP contribution in [0.2, 0.25) is 0 Å². The zero-order chi connectivity index (χ0) is 21.3. The van der Waals surface area contributed by atoms with E-state index in [0.29, 0.717) is 28.9 Å². The minimum atomic E-state index is -0.610. The number of carbonyl (C=O) groups excluding carboxylic acids is 2. The van der Waals surface area contributed by atoms with Crippen LogP contribution in [-0.4, -0.2) is 37.1 Å². The maximum absolute atomic E-state index is 13.7. The molecule has 1 heterocycles. The van der Waals surface area contributed by atoms with Crippen molar-refractivity contribution in [1.82, 2.24) is 10.3 Å². The van der Waals surface area contributed by atoms with Crippen molar-refractivity contribution in [3.8, 4) is 11.5 Å². The van der Waals surface area contributed by atoms with Gasteiger partial charge in [-0.25, -0.2) is 9.37 Å². The van der Waals surface area contributed by atoms with Gasteiger partial charge in [-0.2, -0.15) is 0 Å². The third-order valence-electron chi connectivity index (χ3n) is 3.98. The van der Waals surface area contributed by atoms with Crippen LogP contribution in [0.3, 0.4) is 0 Å². The summed E-state index contributed by atoms with van der Waals surface area (Å²) in [5, 5.41) is 7.25. The summed E-state index contributed by atoms with van der Waals surface area (Å²) in [4.78, 5) is 28.4. The van der Waals surface area contributed by atoms with Crippen molar-refractivity contribution in [3.05, 3.63) is 71.0 Å². The van der Waals surface area contributed by atoms with E-state index in [1.807, 2.05) is 12.1 Å². The van der Waals surface area contributed by atoms with Crippen molar-refractivity contribution in [1.29, 1.82) is 0 Å². The zero-order valence-electron chi connectivity index (χ0n) is 16.2. The van der Waals surface area contributed by atoms with Crippen LogP contribution in [0.1, 0.15) is 16.1 Å². The number of aromatic nitrogens is 1. The van der Waals surface area contributed by atoms with Gasteiger partial charge in [0, 0.05) is 5.38 Å². The van der Waals surface area contributed by atoms with Gasteiger partial charge >= 0.3 is 0 Å². The van der Waals surface area contributed by atoms with Gasteiger partial charge in [0.15, 0.2) is 16.6 Å². The lowest BCUT2D eigenvalue weighted by molar-refractivity contribution is -0.120. The minimum Gasteiger partial charge on any atom is -0.493 e. The van der Waals surface area contributed by atoms with Crippen LogP contribution in [0.25, 0.3) is 0 Å². The molecule has 0 saturated heterocycles. The molecule has 9 heteroatoms. The van der Waals surface area contributed by atoms with Crippen molar-refractivity contribution in [2.45, 2.75) is 6.42 Å². The number of nitrogens with one attached hydrogen (secondary N) is 2. The van der Waals surface area contributed by atoms with Crippen LogP contribution < -0.4 is 20.1 Å². The number of methoxy groups -OCH3 is 1. The maximum atomic E-state index is 13.7. The number of nitrogens with zero attached hydrogens (tertiary/aromatic N) is 1. The highest BCUT2D eigenvalue weighted by molar-refractivity contribution is 7.14. The first-order valence-electron chi connectivity index (χ1n) is 9.09. The van der Waals surface area contributed by atoms with Crippen LogP contribution >= 0.6 is 11.3 Å². The largest absolute Gasteiger partial charge is 0.493 e. The number of carbonyl (C=O) groups is 2. The molecule has 0 unspecified atom stereocenters. The van der Waals surface area contributed by atoms with E-state index in [1.165, 1.54) is 29.5 Å². The monoisotopic (exact) mass is 429 g/mol. The predicted molar refractivity (Wildman–Crippen MR) is 112 cm³/mol. The van der Waals surface area contributed by atoms with Crippen molar-refractivity contribution >= 4 is 28.3 Å². The van der Waals surface area contributed by atoms with Crippen molar-refractivity contribution in [2.75, 3.05) is 25.6 Å². The lowest BCUT2D eigenvalue weighted by Gasteiger charge is -2.10. The first-order chi connectivity index (χ1) is 14.6. The predicted octanol–water partition coefficient (Wildman–Crippen LogP) is 3.28. The van der Waals surface area contributed by atoms with Gasteiger partial charge in [0.1, 0.15) is 12.4 Å². The van der Waals surface area contributed by atoms with E-state index in [0.717, 1.165) is 0 Å². The fourth-order valence-corrected chi connectivity index (χ4v) is 3.28. The SMILES string of the molecule is COc1ccccc1OCCNC(=O)Cc1csc(NC(=O)c2ccccc2F)n1. The fraction of sp³-hybridized carbons (Fsp3) is 0.190. The number of benzene rings is 2. The summed E-state index contributed by atoms with van der Waals surface area (Å²) in [5.41, 5.74) is 0.439. The number of thiazole rings is 1. The molecule has 156 valence electrons. The first-order valence-corrected chi connectivity index (χ1v) is 9.97. The highest BCUT2D eigenvalue weighted by atomic mass is 32.1. The number of amides is 2. The molecule has 0 aliphatic carbocycles. The Balaban J connectivity index is 1.43. The van der Waals surface area contributed by atoms with Gasteiger partial charge in [0.05, 0.1) is 31.3 Å². The first kappa shape index (κ1) is 21.3. The Kier molecular flexibility index (Phi) is 7.34. The van der Waals surface area contributed by atoms with Crippen LogP contribution in [0.4, 0.5) is 9.52 Å². The summed E-state index contributed by atoms with van der Waals surface area (Å²) in [6.45, 7) is 0.602. The smallest absolute Gasteiger partial charge is 0.260 e. The normalized spacial score (nSPS) is 10.3. The quantitative estimate of drug-likeness (QED) is 0.510. The van der Waals surface area contributed by atoms with Gasteiger partial charge in [-0.3, -0.25) is 14.9 Å². The standard InChI is InChI=1S/C21H20FN3O4S/c1-28-17-8-4-5-9-18(17)29-11-10-23-19(26)12-14-13-30-21(24-14)25-20(27)15-6-2-3-7-16(15)22/h2-9,13H,10-12H2,1H3,(H,23,26)(H,24,25,27). The molecule has 3 rings (SSSR count). The average Bonchev–Trinajstić information content (AvgIpc) is 3.18. The molecule has 2 aromatic carbocycles. The molecule has 30 heavy (non-hydrogen) atoms. The van der Waals surface area contributed by atoms with E-state index < -0.39 is 11.7 Å². The fourth-order valence-electron chi connectivity index (χ4n) is 2.57. The second kappa shape index (κ2) is 10.4. The topological polar surface area (TPSA) is 89.5 Å². The van der Waals surface area contributed by atoms with Crippen molar-refractivity contribution in [3.63, 3.8) is 0 Å². The van der Waals surface area contributed by atoms with E-state index in [-0.39, 0.29) is 24.5 Å². The second-order valence-electron chi connectivity index (χ2n) is 6.10. The molecule has 0 fully saturated rings. The molecule has 3 aromatic rings. The number of ether oxygens (including phenoxy) is 2. The van der Waals surface area contributed by atoms with Gasteiger partial charge in [0.2, 0.25) is 5.91 Å². The maximum Gasteiger partial charge on any atom is 0.260 e. The number of anilines is 1. The average molecular weight is 429 g/mol. The number of halogens is 1. The molecule has 0 atom stereocenters. The van der Waals surface area contributed by atoms with E-state index >= 15 is 0 Å². The third kappa shape index (κ3) is 5.77. The molecule has 1 aromatic heterocycles. The molecule has 0 aliphatic rings.